The molecule has 1 aliphatic carbocycles. The molecule has 1 aliphatic heterocycles. The van der Waals surface area contributed by atoms with E-state index in [1.54, 1.807) is 0 Å². The first kappa shape index (κ1) is 9.71. The Morgan fingerprint density at radius 2 is 2.43 bits per heavy atom. The summed E-state index contributed by atoms with van der Waals surface area (Å²) in [5.41, 5.74) is 0.372. The van der Waals surface area contributed by atoms with Crippen LogP contribution in [0.15, 0.2) is 11.6 Å². The van der Waals surface area contributed by atoms with Gasteiger partial charge in [0.25, 0.3) is 0 Å². The summed E-state index contributed by atoms with van der Waals surface area (Å²) < 4.78 is 5.08. The van der Waals surface area contributed by atoms with Crippen molar-refractivity contribution in [3.05, 3.63) is 11.6 Å². The zero-order chi connectivity index (χ0) is 10.3. The van der Waals surface area contributed by atoms with E-state index in [9.17, 15) is 9.59 Å². The smallest absolute Gasteiger partial charge is 0.307 e. The molecule has 0 bridgehead atoms. The van der Waals surface area contributed by atoms with Gasteiger partial charge in [0, 0.05) is 0 Å². The second-order valence-corrected chi connectivity index (χ2v) is 4.37. The Morgan fingerprint density at radius 1 is 1.71 bits per heavy atom. The van der Waals surface area contributed by atoms with Gasteiger partial charge in [-0.05, 0) is 37.4 Å². The van der Waals surface area contributed by atoms with Crippen LogP contribution in [0, 0.1) is 5.41 Å². The van der Waals surface area contributed by atoms with E-state index in [1.165, 1.54) is 0 Å². The van der Waals surface area contributed by atoms with Gasteiger partial charge >= 0.3 is 5.97 Å². The fourth-order valence-electron chi connectivity index (χ4n) is 2.12. The van der Waals surface area contributed by atoms with E-state index >= 15 is 0 Å². The highest BCUT2D eigenvalue weighted by atomic mass is 35.5. The maximum Gasteiger partial charge on any atom is 0.307 e. The SMILES string of the molecule is CC1=C[C@H]2OC(=O)C[C@@]2(C(=O)Cl)CC1. The normalized spacial score (nSPS) is 36.0. The molecule has 0 aromatic rings. The molecular formula is C10H11ClO3. The first-order chi connectivity index (χ1) is 6.54. The topological polar surface area (TPSA) is 43.4 Å². The number of rotatable bonds is 1. The van der Waals surface area contributed by atoms with Gasteiger partial charge in [-0.25, -0.2) is 0 Å². The van der Waals surface area contributed by atoms with Crippen molar-refractivity contribution in [3.8, 4) is 0 Å². The van der Waals surface area contributed by atoms with E-state index in [-0.39, 0.29) is 12.4 Å². The summed E-state index contributed by atoms with van der Waals surface area (Å²) in [6.07, 6.45) is 2.96. The number of esters is 1. The van der Waals surface area contributed by atoms with Crippen LogP contribution in [0.4, 0.5) is 0 Å². The van der Waals surface area contributed by atoms with Crippen LogP contribution in [0.25, 0.3) is 0 Å². The van der Waals surface area contributed by atoms with Crippen LogP contribution in [0.2, 0.25) is 0 Å². The fraction of sp³-hybridized carbons (Fsp3) is 0.600. The van der Waals surface area contributed by atoms with E-state index < -0.39 is 16.8 Å². The zero-order valence-corrected chi connectivity index (χ0v) is 8.63. The van der Waals surface area contributed by atoms with E-state index in [0.29, 0.717) is 6.42 Å². The number of hydrogen-bond donors (Lipinski definition) is 0. The number of carbonyl (C=O) groups is 2. The third kappa shape index (κ3) is 1.27. The summed E-state index contributed by atoms with van der Waals surface area (Å²) in [6, 6.07) is 0. The minimum absolute atomic E-state index is 0.129. The van der Waals surface area contributed by atoms with Crippen molar-refractivity contribution in [1.82, 2.24) is 0 Å². The number of ether oxygens (including phenoxy) is 1. The molecule has 2 atom stereocenters. The van der Waals surface area contributed by atoms with E-state index in [1.807, 2.05) is 13.0 Å². The van der Waals surface area contributed by atoms with Crippen LogP contribution in [0.5, 0.6) is 0 Å². The molecule has 0 radical (unpaired) electrons. The van der Waals surface area contributed by atoms with Crippen molar-refractivity contribution in [2.45, 2.75) is 32.3 Å². The number of carbonyl (C=O) groups excluding carboxylic acids is 2. The molecule has 1 fully saturated rings. The van der Waals surface area contributed by atoms with Gasteiger partial charge in [0.2, 0.25) is 5.24 Å². The van der Waals surface area contributed by atoms with Gasteiger partial charge in [-0.2, -0.15) is 0 Å². The van der Waals surface area contributed by atoms with E-state index in [4.69, 9.17) is 16.3 Å². The predicted octanol–water partition coefficient (Wildman–Crippen LogP) is 1.79. The van der Waals surface area contributed by atoms with Crippen LogP contribution < -0.4 is 0 Å². The molecule has 0 saturated carbocycles. The minimum atomic E-state index is -0.780. The van der Waals surface area contributed by atoms with Crippen molar-refractivity contribution in [2.24, 2.45) is 5.41 Å². The first-order valence-electron chi connectivity index (χ1n) is 4.61. The summed E-state index contributed by atoms with van der Waals surface area (Å²) in [7, 11) is 0. The van der Waals surface area contributed by atoms with Gasteiger partial charge in [-0.3, -0.25) is 9.59 Å². The lowest BCUT2D eigenvalue weighted by Crippen LogP contribution is -2.37. The van der Waals surface area contributed by atoms with Crippen molar-refractivity contribution in [1.29, 1.82) is 0 Å². The van der Waals surface area contributed by atoms with Gasteiger partial charge in [-0.1, -0.05) is 5.57 Å². The number of halogens is 1. The van der Waals surface area contributed by atoms with Crippen molar-refractivity contribution >= 4 is 22.8 Å². The number of fused-ring (bicyclic) bond motifs is 1. The van der Waals surface area contributed by atoms with E-state index in [2.05, 4.69) is 0 Å². The average molecular weight is 215 g/mol. The predicted molar refractivity (Wildman–Crippen MR) is 50.8 cm³/mol. The Balaban J connectivity index is 2.39. The Labute approximate surface area is 87.1 Å². The fourth-order valence-corrected chi connectivity index (χ4v) is 2.39. The quantitative estimate of drug-likeness (QED) is 0.380. The van der Waals surface area contributed by atoms with Crippen molar-refractivity contribution < 1.29 is 14.3 Å². The number of allylic oxidation sites excluding steroid dienone is 1. The van der Waals surface area contributed by atoms with Crippen LogP contribution >= 0.6 is 11.6 Å². The molecule has 0 N–H and O–H groups in total. The molecule has 0 aromatic carbocycles. The average Bonchev–Trinajstić information content (AvgIpc) is 2.41. The molecule has 0 aromatic heterocycles. The second-order valence-electron chi connectivity index (χ2n) is 4.03. The first-order valence-corrected chi connectivity index (χ1v) is 4.99. The molecule has 0 spiro atoms. The lowest BCUT2D eigenvalue weighted by Gasteiger charge is -2.31. The molecule has 1 saturated heterocycles. The Bertz CT molecular complexity index is 334. The van der Waals surface area contributed by atoms with Gasteiger partial charge in [0.1, 0.15) is 6.10 Å². The van der Waals surface area contributed by atoms with Crippen molar-refractivity contribution in [3.63, 3.8) is 0 Å². The van der Waals surface area contributed by atoms with Crippen LogP contribution in [-0.4, -0.2) is 17.3 Å². The van der Waals surface area contributed by atoms with Crippen LogP contribution in [-0.2, 0) is 14.3 Å². The Morgan fingerprint density at radius 3 is 3.07 bits per heavy atom. The Kier molecular flexibility index (Phi) is 2.14. The second kappa shape index (κ2) is 3.09. The maximum atomic E-state index is 11.4. The van der Waals surface area contributed by atoms with Gasteiger partial charge in [-0.15, -0.1) is 0 Å². The molecule has 0 amide bonds. The largest absolute Gasteiger partial charge is 0.457 e. The van der Waals surface area contributed by atoms with Gasteiger partial charge in [0.05, 0.1) is 11.8 Å². The third-order valence-electron chi connectivity index (χ3n) is 3.06. The molecule has 1 heterocycles. The molecule has 3 nitrogen and oxygen atoms in total. The standard InChI is InChI=1S/C10H11ClO3/c1-6-2-3-10(9(11)13)5-8(12)14-7(10)4-6/h4,7H,2-3,5H2,1H3/t7-,10+/m1/s1. The highest BCUT2D eigenvalue weighted by molar-refractivity contribution is 6.65. The summed E-state index contributed by atoms with van der Waals surface area (Å²) in [6.45, 7) is 1.97. The molecule has 2 rings (SSSR count). The monoisotopic (exact) mass is 214 g/mol. The zero-order valence-electron chi connectivity index (χ0n) is 7.88. The molecule has 2 aliphatic rings. The molecule has 0 unspecified atom stereocenters. The van der Waals surface area contributed by atoms with Gasteiger partial charge < -0.3 is 4.74 Å². The van der Waals surface area contributed by atoms with Crippen LogP contribution in [0.3, 0.4) is 0 Å². The highest BCUT2D eigenvalue weighted by Gasteiger charge is 2.54. The minimum Gasteiger partial charge on any atom is -0.457 e. The summed E-state index contributed by atoms with van der Waals surface area (Å²) in [4.78, 5) is 22.5. The lowest BCUT2D eigenvalue weighted by atomic mass is 9.73. The number of hydrogen-bond acceptors (Lipinski definition) is 3. The Hall–Kier alpha value is -0.830. The lowest BCUT2D eigenvalue weighted by molar-refractivity contribution is -0.140. The summed E-state index contributed by atoms with van der Waals surface area (Å²) in [5, 5.41) is -0.447. The van der Waals surface area contributed by atoms with Crippen molar-refractivity contribution in [2.75, 3.05) is 0 Å². The maximum absolute atomic E-state index is 11.4. The molecule has 4 heteroatoms. The van der Waals surface area contributed by atoms with Crippen LogP contribution in [0.1, 0.15) is 26.2 Å². The van der Waals surface area contributed by atoms with Gasteiger partial charge in [0.15, 0.2) is 0 Å². The molecule has 76 valence electrons. The van der Waals surface area contributed by atoms with E-state index in [0.717, 1.165) is 12.0 Å². The summed E-state index contributed by atoms with van der Waals surface area (Å²) >= 11 is 5.56. The molecular weight excluding hydrogens is 204 g/mol. The highest BCUT2D eigenvalue weighted by Crippen LogP contribution is 2.46. The molecule has 14 heavy (non-hydrogen) atoms. The summed E-state index contributed by atoms with van der Waals surface area (Å²) in [5.74, 6) is -0.324. The third-order valence-corrected chi connectivity index (χ3v) is 3.43.